The first-order valence-electron chi connectivity index (χ1n) is 12.7. The summed E-state index contributed by atoms with van der Waals surface area (Å²) < 4.78 is 45.7. The first-order valence-corrected chi connectivity index (χ1v) is 12.7. The molecule has 9 nitrogen and oxygen atoms in total. The van der Waals surface area contributed by atoms with E-state index in [1.165, 1.54) is 24.3 Å². The molecule has 4 rings (SSSR count). The fourth-order valence-corrected chi connectivity index (χ4v) is 4.04. The van der Waals surface area contributed by atoms with Crippen LogP contribution in [0.1, 0.15) is 36.2 Å². The quantitative estimate of drug-likeness (QED) is 0.226. The lowest BCUT2D eigenvalue weighted by Crippen LogP contribution is -2.29. The lowest BCUT2D eigenvalue weighted by molar-refractivity contribution is -0.146. The molecule has 214 valence electrons. The topological polar surface area (TPSA) is 128 Å². The summed E-state index contributed by atoms with van der Waals surface area (Å²) >= 11 is 0. The maximum Gasteiger partial charge on any atom is 0.344 e. The molecule has 11 heteroatoms. The average Bonchev–Trinajstić information content (AvgIpc) is 3.49. The number of amides is 1. The minimum atomic E-state index is -1.41. The average molecular weight is 566 g/mol. The van der Waals surface area contributed by atoms with Gasteiger partial charge in [-0.1, -0.05) is 32.0 Å². The van der Waals surface area contributed by atoms with E-state index in [1.807, 2.05) is 24.3 Å². The molecule has 0 unspecified atom stereocenters. The number of hydrogen-bond donors (Lipinski definition) is 2. The van der Waals surface area contributed by atoms with Gasteiger partial charge in [-0.25, -0.2) is 13.6 Å². The van der Waals surface area contributed by atoms with Crippen molar-refractivity contribution in [3.63, 3.8) is 0 Å². The number of hydrogen-bond acceptors (Lipinski definition) is 7. The highest BCUT2D eigenvalue weighted by molar-refractivity contribution is 6.06. The Morgan fingerprint density at radius 2 is 1.78 bits per heavy atom. The van der Waals surface area contributed by atoms with E-state index in [0.717, 1.165) is 5.56 Å². The summed E-state index contributed by atoms with van der Waals surface area (Å²) in [6.45, 7) is 3.85. The molecule has 0 bridgehead atoms. The molecule has 0 aliphatic heterocycles. The molecule has 3 N–H and O–H groups in total. The van der Waals surface area contributed by atoms with E-state index in [4.69, 9.17) is 19.6 Å². The Bertz CT molecular complexity index is 1540. The van der Waals surface area contributed by atoms with Gasteiger partial charge < -0.3 is 24.7 Å². The highest BCUT2D eigenvalue weighted by Crippen LogP contribution is 2.33. The van der Waals surface area contributed by atoms with Gasteiger partial charge in [0, 0.05) is 31.3 Å². The molecule has 4 aromatic rings. The summed E-state index contributed by atoms with van der Waals surface area (Å²) in [4.78, 5) is 30.1. The van der Waals surface area contributed by atoms with Crippen LogP contribution in [0.25, 0.3) is 11.1 Å². The van der Waals surface area contributed by atoms with E-state index in [2.05, 4.69) is 4.98 Å². The van der Waals surface area contributed by atoms with Crippen LogP contribution in [0.2, 0.25) is 0 Å². The third-order valence-electron chi connectivity index (χ3n) is 6.09. The minimum absolute atomic E-state index is 0.0118. The van der Waals surface area contributed by atoms with E-state index in [1.54, 1.807) is 38.1 Å². The number of benzene rings is 2. The Labute approximate surface area is 235 Å². The van der Waals surface area contributed by atoms with E-state index < -0.39 is 41.4 Å². The maximum absolute atomic E-state index is 14.8. The molecule has 2 aromatic heterocycles. The molecule has 0 fully saturated rings. The third kappa shape index (κ3) is 7.06. The zero-order valence-electron chi connectivity index (χ0n) is 22.6. The fourth-order valence-electron chi connectivity index (χ4n) is 4.04. The summed E-state index contributed by atoms with van der Waals surface area (Å²) in [5.41, 5.74) is 8.08. The number of nitrogens with zero attached hydrogens (tertiary/aromatic N) is 2. The van der Waals surface area contributed by atoms with Gasteiger partial charge in [-0.05, 0) is 59.4 Å². The molecule has 0 spiro atoms. The Kier molecular flexibility index (Phi) is 8.98. The van der Waals surface area contributed by atoms with E-state index in [-0.39, 0.29) is 23.7 Å². The van der Waals surface area contributed by atoms with Crippen molar-refractivity contribution in [3.8, 4) is 28.6 Å². The Balaban J connectivity index is 1.74. The number of carboxylic acids is 1. The lowest BCUT2D eigenvalue weighted by atomic mass is 10.00. The number of rotatable bonds is 11. The van der Waals surface area contributed by atoms with Crippen molar-refractivity contribution in [1.82, 2.24) is 4.98 Å². The molecule has 41 heavy (non-hydrogen) atoms. The SMILES string of the molecule is CC(C)C[C@@H](Oc1nc(Oc2cc(C(=O)N(C)c3ccco3)cc(-c3cccc(CN)c3)c2)c(F)cc1F)C(=O)O. The minimum Gasteiger partial charge on any atom is -0.479 e. The van der Waals surface area contributed by atoms with Crippen molar-refractivity contribution >= 4 is 17.8 Å². The molecular weight excluding hydrogens is 536 g/mol. The Hall–Kier alpha value is -4.77. The van der Waals surface area contributed by atoms with Crippen molar-refractivity contribution < 1.29 is 37.4 Å². The van der Waals surface area contributed by atoms with Crippen LogP contribution in [0, 0.1) is 17.6 Å². The van der Waals surface area contributed by atoms with Crippen LogP contribution in [-0.2, 0) is 11.3 Å². The van der Waals surface area contributed by atoms with Crippen LogP contribution < -0.4 is 20.1 Å². The molecule has 2 aromatic carbocycles. The van der Waals surface area contributed by atoms with Crippen LogP contribution in [0.5, 0.6) is 17.5 Å². The van der Waals surface area contributed by atoms with Crippen LogP contribution in [0.3, 0.4) is 0 Å². The van der Waals surface area contributed by atoms with Crippen molar-refractivity contribution in [2.75, 3.05) is 11.9 Å². The number of pyridine rings is 1. The summed E-state index contributed by atoms with van der Waals surface area (Å²) in [5, 5.41) is 9.47. The number of furan rings is 1. The number of carbonyl (C=O) groups is 2. The number of halogens is 2. The molecule has 2 heterocycles. The van der Waals surface area contributed by atoms with Gasteiger partial charge in [0.15, 0.2) is 17.7 Å². The highest BCUT2D eigenvalue weighted by atomic mass is 19.1. The zero-order valence-corrected chi connectivity index (χ0v) is 22.6. The molecule has 0 aliphatic rings. The number of aliphatic carboxylic acids is 1. The summed E-state index contributed by atoms with van der Waals surface area (Å²) in [6, 6.07) is 15.6. The van der Waals surface area contributed by atoms with E-state index in [0.29, 0.717) is 29.6 Å². The number of ether oxygens (including phenoxy) is 2. The normalized spacial score (nSPS) is 11.8. The van der Waals surface area contributed by atoms with Gasteiger partial charge >= 0.3 is 5.97 Å². The molecule has 0 radical (unpaired) electrons. The van der Waals surface area contributed by atoms with Gasteiger partial charge in [0.05, 0.1) is 6.26 Å². The van der Waals surface area contributed by atoms with Gasteiger partial charge in [-0.3, -0.25) is 9.69 Å². The van der Waals surface area contributed by atoms with Crippen molar-refractivity contribution in [2.24, 2.45) is 11.7 Å². The van der Waals surface area contributed by atoms with E-state index >= 15 is 0 Å². The predicted octanol–water partition coefficient (Wildman–Crippen LogP) is 6.03. The van der Waals surface area contributed by atoms with Crippen LogP contribution in [0.4, 0.5) is 14.7 Å². The lowest BCUT2D eigenvalue weighted by Gasteiger charge is -2.18. The monoisotopic (exact) mass is 565 g/mol. The van der Waals surface area contributed by atoms with Gasteiger partial charge in [0.2, 0.25) is 5.88 Å². The second kappa shape index (κ2) is 12.6. The molecule has 1 amide bonds. The number of carboxylic acid groups (broad SMARTS) is 1. The number of nitrogens with two attached hydrogens (primary N) is 1. The number of anilines is 1. The highest BCUT2D eigenvalue weighted by Gasteiger charge is 2.25. The second-order valence-electron chi connectivity index (χ2n) is 9.70. The van der Waals surface area contributed by atoms with E-state index in [9.17, 15) is 23.5 Å². The van der Waals surface area contributed by atoms with Crippen LogP contribution >= 0.6 is 0 Å². The van der Waals surface area contributed by atoms with Gasteiger partial charge in [0.1, 0.15) is 5.75 Å². The molecule has 0 aliphatic carbocycles. The maximum atomic E-state index is 14.8. The van der Waals surface area contributed by atoms with Crippen molar-refractivity contribution in [1.29, 1.82) is 0 Å². The fraction of sp³-hybridized carbons (Fsp3) is 0.233. The molecule has 1 atom stereocenters. The van der Waals surface area contributed by atoms with Gasteiger partial charge in [-0.15, -0.1) is 0 Å². The molecular formula is C30H29F2N3O6. The van der Waals surface area contributed by atoms with Crippen molar-refractivity contribution in [3.05, 3.63) is 89.7 Å². The standard InChI is InChI=1S/C30H29F2N3O6/c1-17(2)10-25(30(37)38)41-28-24(32)15-23(31)27(34-28)40-22-13-20(19-7-4-6-18(11-19)16-33)12-21(14-22)29(36)35(3)26-8-5-9-39-26/h4-9,11-15,17,25H,10,16,33H2,1-3H3,(H,37,38)/t25-/m1/s1. The first kappa shape index (κ1) is 29.2. The van der Waals surface area contributed by atoms with Gasteiger partial charge in [-0.2, -0.15) is 4.98 Å². The molecule has 0 saturated heterocycles. The second-order valence-corrected chi connectivity index (χ2v) is 9.70. The van der Waals surface area contributed by atoms with Crippen LogP contribution in [0.15, 0.2) is 71.3 Å². The third-order valence-corrected chi connectivity index (χ3v) is 6.09. The Morgan fingerprint density at radius 1 is 1.02 bits per heavy atom. The molecule has 0 saturated carbocycles. The van der Waals surface area contributed by atoms with Gasteiger partial charge in [0.25, 0.3) is 17.7 Å². The smallest absolute Gasteiger partial charge is 0.344 e. The number of carbonyl (C=O) groups excluding carboxylic acids is 1. The summed E-state index contributed by atoms with van der Waals surface area (Å²) in [5.74, 6) is -5.26. The van der Waals surface area contributed by atoms with Crippen LogP contribution in [-0.4, -0.2) is 35.1 Å². The number of aromatic nitrogens is 1. The first-order chi connectivity index (χ1) is 19.5. The summed E-state index contributed by atoms with van der Waals surface area (Å²) in [6.07, 6.45) is 0.0961. The zero-order chi connectivity index (χ0) is 29.7. The largest absolute Gasteiger partial charge is 0.479 e. The summed E-state index contributed by atoms with van der Waals surface area (Å²) in [7, 11) is 1.53. The predicted molar refractivity (Wildman–Crippen MR) is 147 cm³/mol. The Morgan fingerprint density at radius 3 is 2.44 bits per heavy atom. The van der Waals surface area contributed by atoms with Crippen molar-refractivity contribution in [2.45, 2.75) is 32.9 Å².